The molecule has 3 aromatic carbocycles. The van der Waals surface area contributed by atoms with Gasteiger partial charge in [0.05, 0.1) is 0 Å². The summed E-state index contributed by atoms with van der Waals surface area (Å²) in [5.74, 6) is 0. The topological polar surface area (TPSA) is 26.0 Å². The van der Waals surface area contributed by atoms with E-state index in [0.717, 1.165) is 5.69 Å². The summed E-state index contributed by atoms with van der Waals surface area (Å²) in [6.07, 6.45) is 0. The molecule has 1 nitrogen and oxygen atoms in total. The summed E-state index contributed by atoms with van der Waals surface area (Å²) in [5, 5.41) is 0. The summed E-state index contributed by atoms with van der Waals surface area (Å²) < 4.78 is 0. The standard InChI is InChI=1S/C24H23N/c1-23(2)19-8-6-5-7-15(19)17-11-12-18-16-10-9-14(25)13-20(16)24(3,4)22(18)21(17)23/h5-13H,25H2,1-4H3. The molecule has 2 aliphatic rings. The molecule has 0 atom stereocenters. The van der Waals surface area contributed by atoms with E-state index < -0.39 is 0 Å². The quantitative estimate of drug-likeness (QED) is 0.513. The smallest absolute Gasteiger partial charge is 0.0317 e. The molecule has 124 valence electrons. The number of fused-ring (bicyclic) bond motifs is 7. The molecule has 2 aliphatic carbocycles. The van der Waals surface area contributed by atoms with Crippen LogP contribution in [-0.2, 0) is 10.8 Å². The summed E-state index contributed by atoms with van der Waals surface area (Å²) >= 11 is 0. The van der Waals surface area contributed by atoms with Crippen LogP contribution >= 0.6 is 0 Å². The Balaban J connectivity index is 1.91. The lowest BCUT2D eigenvalue weighted by atomic mass is 9.72. The van der Waals surface area contributed by atoms with Crippen molar-refractivity contribution < 1.29 is 0 Å². The molecule has 2 N–H and O–H groups in total. The van der Waals surface area contributed by atoms with E-state index in [0.29, 0.717) is 0 Å². The highest BCUT2D eigenvalue weighted by Gasteiger charge is 2.45. The number of rotatable bonds is 0. The van der Waals surface area contributed by atoms with Crippen LogP contribution in [0.2, 0.25) is 0 Å². The van der Waals surface area contributed by atoms with Gasteiger partial charge in [0.25, 0.3) is 0 Å². The molecule has 5 rings (SSSR count). The summed E-state index contributed by atoms with van der Waals surface area (Å²) in [6, 6.07) is 19.9. The van der Waals surface area contributed by atoms with Crippen LogP contribution in [-0.4, -0.2) is 0 Å². The normalized spacial score (nSPS) is 17.6. The highest BCUT2D eigenvalue weighted by molar-refractivity contribution is 5.91. The first-order valence-corrected chi connectivity index (χ1v) is 9.01. The molecular weight excluding hydrogens is 302 g/mol. The third kappa shape index (κ3) is 1.64. The van der Waals surface area contributed by atoms with Crippen molar-refractivity contribution in [3.63, 3.8) is 0 Å². The second kappa shape index (κ2) is 4.35. The first kappa shape index (κ1) is 14.8. The molecule has 1 heteroatoms. The van der Waals surface area contributed by atoms with Crippen molar-refractivity contribution in [3.05, 3.63) is 76.9 Å². The van der Waals surface area contributed by atoms with E-state index in [-0.39, 0.29) is 10.8 Å². The van der Waals surface area contributed by atoms with Crippen LogP contribution in [0.15, 0.2) is 54.6 Å². The molecule has 0 bridgehead atoms. The van der Waals surface area contributed by atoms with Gasteiger partial charge in [-0.25, -0.2) is 0 Å². The lowest BCUT2D eigenvalue weighted by Gasteiger charge is -2.30. The van der Waals surface area contributed by atoms with E-state index in [1.165, 1.54) is 44.5 Å². The van der Waals surface area contributed by atoms with E-state index in [2.05, 4.69) is 76.2 Å². The van der Waals surface area contributed by atoms with Gasteiger partial charge in [-0.1, -0.05) is 70.2 Å². The van der Waals surface area contributed by atoms with Gasteiger partial charge >= 0.3 is 0 Å². The van der Waals surface area contributed by atoms with Crippen LogP contribution in [0.3, 0.4) is 0 Å². The van der Waals surface area contributed by atoms with Gasteiger partial charge in [-0.05, 0) is 56.6 Å². The minimum absolute atomic E-state index is 0.0160. The highest BCUT2D eigenvalue weighted by Crippen LogP contribution is 2.58. The largest absolute Gasteiger partial charge is 0.399 e. The van der Waals surface area contributed by atoms with E-state index >= 15 is 0 Å². The van der Waals surface area contributed by atoms with Gasteiger partial charge in [-0.15, -0.1) is 0 Å². The SMILES string of the molecule is CC1(C)c2ccccc2-c2ccc3c(c21)C(C)(C)c1cc(N)ccc1-3. The predicted octanol–water partition coefficient (Wildman–Crippen LogP) is 5.88. The molecule has 0 aliphatic heterocycles. The Hall–Kier alpha value is -2.54. The Morgan fingerprint density at radius 3 is 1.80 bits per heavy atom. The summed E-state index contributed by atoms with van der Waals surface area (Å²) in [5.41, 5.74) is 18.2. The fourth-order valence-electron chi connectivity index (χ4n) is 5.20. The van der Waals surface area contributed by atoms with Crippen LogP contribution in [0.5, 0.6) is 0 Å². The Bertz CT molecular complexity index is 1050. The molecule has 0 saturated carbocycles. The van der Waals surface area contributed by atoms with Crippen molar-refractivity contribution in [1.29, 1.82) is 0 Å². The van der Waals surface area contributed by atoms with Crippen molar-refractivity contribution in [2.45, 2.75) is 38.5 Å². The van der Waals surface area contributed by atoms with Crippen LogP contribution in [0.4, 0.5) is 5.69 Å². The maximum atomic E-state index is 6.12. The van der Waals surface area contributed by atoms with Crippen LogP contribution in [0.1, 0.15) is 49.9 Å². The third-order valence-corrected chi connectivity index (χ3v) is 6.35. The average Bonchev–Trinajstić information content (AvgIpc) is 2.95. The molecule has 0 heterocycles. The van der Waals surface area contributed by atoms with Crippen molar-refractivity contribution in [3.8, 4) is 22.3 Å². The molecule has 0 aromatic heterocycles. The number of nitrogens with two attached hydrogens (primary N) is 1. The van der Waals surface area contributed by atoms with Gasteiger partial charge in [-0.3, -0.25) is 0 Å². The Morgan fingerprint density at radius 1 is 0.600 bits per heavy atom. The molecule has 0 fully saturated rings. The average molecular weight is 325 g/mol. The minimum atomic E-state index is -0.0370. The first-order chi connectivity index (χ1) is 11.8. The van der Waals surface area contributed by atoms with E-state index in [4.69, 9.17) is 5.73 Å². The lowest BCUT2D eigenvalue weighted by Crippen LogP contribution is -2.24. The van der Waals surface area contributed by atoms with Gasteiger partial charge in [0, 0.05) is 16.5 Å². The van der Waals surface area contributed by atoms with E-state index in [1.807, 2.05) is 6.07 Å². The second-order valence-electron chi connectivity index (χ2n) is 8.51. The second-order valence-corrected chi connectivity index (χ2v) is 8.51. The Morgan fingerprint density at radius 2 is 1.12 bits per heavy atom. The molecule has 0 amide bonds. The number of anilines is 1. The highest BCUT2D eigenvalue weighted by atomic mass is 14.6. The lowest BCUT2D eigenvalue weighted by molar-refractivity contribution is 0.601. The zero-order valence-corrected chi connectivity index (χ0v) is 15.3. The summed E-state index contributed by atoms with van der Waals surface area (Å²) in [7, 11) is 0. The summed E-state index contributed by atoms with van der Waals surface area (Å²) in [6.45, 7) is 9.42. The summed E-state index contributed by atoms with van der Waals surface area (Å²) in [4.78, 5) is 0. The number of nitrogen functional groups attached to an aromatic ring is 1. The fraction of sp³-hybridized carbons (Fsp3) is 0.250. The van der Waals surface area contributed by atoms with E-state index in [1.54, 1.807) is 0 Å². The number of hydrogen-bond donors (Lipinski definition) is 1. The molecular formula is C24H23N. The van der Waals surface area contributed by atoms with Crippen molar-refractivity contribution in [2.24, 2.45) is 0 Å². The molecule has 0 spiro atoms. The minimum Gasteiger partial charge on any atom is -0.399 e. The van der Waals surface area contributed by atoms with Crippen molar-refractivity contribution in [2.75, 3.05) is 5.73 Å². The maximum Gasteiger partial charge on any atom is 0.0317 e. The fourth-order valence-corrected chi connectivity index (χ4v) is 5.20. The van der Waals surface area contributed by atoms with Crippen LogP contribution < -0.4 is 5.73 Å². The molecule has 0 saturated heterocycles. The zero-order chi connectivity index (χ0) is 17.6. The van der Waals surface area contributed by atoms with Crippen LogP contribution in [0, 0.1) is 0 Å². The molecule has 25 heavy (non-hydrogen) atoms. The van der Waals surface area contributed by atoms with Gasteiger partial charge < -0.3 is 5.73 Å². The van der Waals surface area contributed by atoms with Crippen LogP contribution in [0.25, 0.3) is 22.3 Å². The van der Waals surface area contributed by atoms with Crippen molar-refractivity contribution >= 4 is 5.69 Å². The third-order valence-electron chi connectivity index (χ3n) is 6.35. The molecule has 3 aromatic rings. The molecule has 0 unspecified atom stereocenters. The Kier molecular flexibility index (Phi) is 2.57. The van der Waals surface area contributed by atoms with E-state index in [9.17, 15) is 0 Å². The predicted molar refractivity (Wildman–Crippen MR) is 106 cm³/mol. The van der Waals surface area contributed by atoms with Crippen molar-refractivity contribution in [1.82, 2.24) is 0 Å². The maximum absolute atomic E-state index is 6.12. The number of benzene rings is 3. The monoisotopic (exact) mass is 325 g/mol. The first-order valence-electron chi connectivity index (χ1n) is 9.01. The molecule has 0 radical (unpaired) electrons. The van der Waals surface area contributed by atoms with Gasteiger partial charge in [0.1, 0.15) is 0 Å². The zero-order valence-electron chi connectivity index (χ0n) is 15.3. The van der Waals surface area contributed by atoms with Gasteiger partial charge in [0.15, 0.2) is 0 Å². The van der Waals surface area contributed by atoms with Gasteiger partial charge in [-0.2, -0.15) is 0 Å². The number of hydrogen-bond acceptors (Lipinski definition) is 1. The van der Waals surface area contributed by atoms with Gasteiger partial charge in [0.2, 0.25) is 0 Å². The Labute approximate surface area is 149 Å².